The van der Waals surface area contributed by atoms with Gasteiger partial charge in [0.25, 0.3) is 5.91 Å². The third kappa shape index (κ3) is 4.29. The quantitative estimate of drug-likeness (QED) is 0.755. The van der Waals surface area contributed by atoms with E-state index in [1.54, 1.807) is 56.6 Å². The number of amides is 1. The molecule has 0 saturated carbocycles. The van der Waals surface area contributed by atoms with Crippen molar-refractivity contribution in [3.05, 3.63) is 59.7 Å². The number of hydrogen-bond donors (Lipinski definition) is 0. The van der Waals surface area contributed by atoms with E-state index in [0.29, 0.717) is 17.1 Å². The fraction of sp³-hybridized carbons (Fsp3) is 0.263. The van der Waals surface area contributed by atoms with Gasteiger partial charge in [-0.3, -0.25) is 4.79 Å². The van der Waals surface area contributed by atoms with E-state index in [2.05, 4.69) is 0 Å². The first-order valence-corrected chi connectivity index (χ1v) is 7.67. The lowest BCUT2D eigenvalue weighted by Gasteiger charge is -2.21. The summed E-state index contributed by atoms with van der Waals surface area (Å²) < 4.78 is 15.9. The van der Waals surface area contributed by atoms with Gasteiger partial charge >= 0.3 is 5.97 Å². The molecule has 132 valence electrons. The number of methoxy groups -OCH3 is 2. The Labute approximate surface area is 146 Å². The van der Waals surface area contributed by atoms with Gasteiger partial charge in [0, 0.05) is 25.7 Å². The minimum absolute atomic E-state index is 0.218. The summed E-state index contributed by atoms with van der Waals surface area (Å²) in [6.07, 6.45) is -1.03. The van der Waals surface area contributed by atoms with Crippen molar-refractivity contribution >= 4 is 11.9 Å². The van der Waals surface area contributed by atoms with Crippen LogP contribution in [0.1, 0.15) is 22.0 Å². The van der Waals surface area contributed by atoms with Crippen LogP contribution < -0.4 is 9.47 Å². The summed E-state index contributed by atoms with van der Waals surface area (Å²) in [6.45, 7) is 0. The molecule has 0 saturated heterocycles. The highest BCUT2D eigenvalue weighted by Gasteiger charge is 2.28. The molecule has 2 aromatic carbocycles. The Morgan fingerprint density at radius 2 is 1.64 bits per heavy atom. The van der Waals surface area contributed by atoms with Gasteiger partial charge in [-0.25, -0.2) is 4.79 Å². The van der Waals surface area contributed by atoms with Crippen LogP contribution in [0.5, 0.6) is 11.5 Å². The van der Waals surface area contributed by atoms with Crippen LogP contribution in [0.3, 0.4) is 0 Å². The van der Waals surface area contributed by atoms with Crippen LogP contribution in [0.15, 0.2) is 48.5 Å². The molecule has 0 aliphatic carbocycles. The van der Waals surface area contributed by atoms with E-state index in [4.69, 9.17) is 14.2 Å². The van der Waals surface area contributed by atoms with Gasteiger partial charge in [-0.2, -0.15) is 0 Å². The molecule has 0 radical (unpaired) electrons. The maximum Gasteiger partial charge on any atom is 0.343 e. The van der Waals surface area contributed by atoms with E-state index >= 15 is 0 Å². The summed E-state index contributed by atoms with van der Waals surface area (Å²) in [5.74, 6) is -0.110. The molecule has 0 bridgehead atoms. The molecule has 0 N–H and O–H groups in total. The Hall–Kier alpha value is -3.02. The van der Waals surface area contributed by atoms with Crippen LogP contribution in [0.25, 0.3) is 0 Å². The van der Waals surface area contributed by atoms with E-state index in [-0.39, 0.29) is 11.5 Å². The second-order valence-corrected chi connectivity index (χ2v) is 5.49. The number of nitrogens with zero attached hydrogens (tertiary/aromatic N) is 1. The van der Waals surface area contributed by atoms with Crippen LogP contribution in [-0.4, -0.2) is 45.1 Å². The predicted molar refractivity (Wildman–Crippen MR) is 92.8 cm³/mol. The first-order chi connectivity index (χ1) is 12.0. The smallest absolute Gasteiger partial charge is 0.343 e. The maximum atomic E-state index is 12.6. The first-order valence-electron chi connectivity index (χ1n) is 7.67. The number of rotatable bonds is 6. The van der Waals surface area contributed by atoms with Gasteiger partial charge in [-0.1, -0.05) is 30.3 Å². The van der Waals surface area contributed by atoms with Gasteiger partial charge in [0.15, 0.2) is 0 Å². The summed E-state index contributed by atoms with van der Waals surface area (Å²) in [5, 5.41) is 0. The average molecular weight is 343 g/mol. The van der Waals surface area contributed by atoms with E-state index in [1.807, 2.05) is 6.07 Å². The Bertz CT molecular complexity index is 743. The molecule has 2 aromatic rings. The lowest BCUT2D eigenvalue weighted by molar-refractivity contribution is -0.138. The second kappa shape index (κ2) is 8.19. The molecular weight excluding hydrogens is 322 g/mol. The van der Waals surface area contributed by atoms with Crippen molar-refractivity contribution in [2.24, 2.45) is 0 Å². The van der Waals surface area contributed by atoms with E-state index in [0.717, 1.165) is 0 Å². The SMILES string of the molecule is COc1ccc(C(=O)O[C@@H](C(=O)N(C)C)c2ccccc2)c(OC)c1. The first kappa shape index (κ1) is 18.3. The number of carbonyl (C=O) groups excluding carboxylic acids is 2. The highest BCUT2D eigenvalue weighted by atomic mass is 16.6. The van der Waals surface area contributed by atoms with Crippen molar-refractivity contribution in [3.8, 4) is 11.5 Å². The molecule has 0 unspecified atom stereocenters. The van der Waals surface area contributed by atoms with Gasteiger partial charge in [0.2, 0.25) is 6.10 Å². The number of hydrogen-bond acceptors (Lipinski definition) is 5. The zero-order chi connectivity index (χ0) is 18.4. The predicted octanol–water partition coefficient (Wildman–Crippen LogP) is 2.69. The maximum absolute atomic E-state index is 12.6. The second-order valence-electron chi connectivity index (χ2n) is 5.49. The minimum Gasteiger partial charge on any atom is -0.497 e. The lowest BCUT2D eigenvalue weighted by atomic mass is 10.1. The number of esters is 1. The molecular formula is C19H21NO5. The van der Waals surface area contributed by atoms with Crippen LogP contribution in [0.4, 0.5) is 0 Å². The van der Waals surface area contributed by atoms with Crippen molar-refractivity contribution in [3.63, 3.8) is 0 Å². The van der Waals surface area contributed by atoms with Crippen LogP contribution in [0.2, 0.25) is 0 Å². The number of likely N-dealkylation sites (N-methyl/N-ethyl adjacent to an activating group) is 1. The molecule has 0 fully saturated rings. The molecule has 25 heavy (non-hydrogen) atoms. The Morgan fingerprint density at radius 1 is 0.960 bits per heavy atom. The van der Waals surface area contributed by atoms with E-state index in [9.17, 15) is 9.59 Å². The van der Waals surface area contributed by atoms with Gasteiger partial charge in [-0.15, -0.1) is 0 Å². The zero-order valence-corrected chi connectivity index (χ0v) is 14.7. The summed E-state index contributed by atoms with van der Waals surface area (Å²) in [4.78, 5) is 26.5. The fourth-order valence-electron chi connectivity index (χ4n) is 2.26. The molecule has 0 aliphatic rings. The van der Waals surface area contributed by atoms with Crippen molar-refractivity contribution < 1.29 is 23.8 Å². The molecule has 0 spiro atoms. The van der Waals surface area contributed by atoms with Crippen molar-refractivity contribution in [2.45, 2.75) is 6.10 Å². The van der Waals surface area contributed by atoms with Crippen LogP contribution in [-0.2, 0) is 9.53 Å². The molecule has 0 aromatic heterocycles. The standard InChI is InChI=1S/C19H21NO5/c1-20(2)18(21)17(13-8-6-5-7-9-13)25-19(22)15-11-10-14(23-3)12-16(15)24-4/h5-12,17H,1-4H3/t17-/m1/s1. The Morgan fingerprint density at radius 3 is 2.20 bits per heavy atom. The van der Waals surface area contributed by atoms with Gasteiger partial charge < -0.3 is 19.1 Å². The van der Waals surface area contributed by atoms with Crippen LogP contribution in [0, 0.1) is 0 Å². The Kier molecular flexibility index (Phi) is 6.00. The summed E-state index contributed by atoms with van der Waals surface area (Å²) in [6, 6.07) is 13.6. The molecule has 0 heterocycles. The topological polar surface area (TPSA) is 65.1 Å². The Balaban J connectivity index is 2.33. The zero-order valence-electron chi connectivity index (χ0n) is 14.7. The normalized spacial score (nSPS) is 11.4. The summed E-state index contributed by atoms with van der Waals surface area (Å²) in [5.41, 5.74) is 0.817. The third-order valence-electron chi connectivity index (χ3n) is 3.62. The van der Waals surface area contributed by atoms with Crippen LogP contribution >= 0.6 is 0 Å². The number of ether oxygens (including phenoxy) is 3. The molecule has 6 nitrogen and oxygen atoms in total. The average Bonchev–Trinajstić information content (AvgIpc) is 2.65. The highest BCUT2D eigenvalue weighted by Crippen LogP contribution is 2.28. The van der Waals surface area contributed by atoms with E-state index < -0.39 is 12.1 Å². The largest absolute Gasteiger partial charge is 0.497 e. The van der Waals surface area contributed by atoms with E-state index in [1.165, 1.54) is 19.1 Å². The summed E-state index contributed by atoms with van der Waals surface area (Å²) in [7, 11) is 6.19. The van der Waals surface area contributed by atoms with Gasteiger partial charge in [-0.05, 0) is 12.1 Å². The fourth-order valence-corrected chi connectivity index (χ4v) is 2.26. The van der Waals surface area contributed by atoms with Crippen molar-refractivity contribution in [1.82, 2.24) is 4.90 Å². The molecule has 2 rings (SSSR count). The highest BCUT2D eigenvalue weighted by molar-refractivity contribution is 5.95. The summed E-state index contributed by atoms with van der Waals surface area (Å²) >= 11 is 0. The van der Waals surface area contributed by atoms with Gasteiger partial charge in [0.05, 0.1) is 14.2 Å². The number of carbonyl (C=O) groups is 2. The minimum atomic E-state index is -1.03. The monoisotopic (exact) mass is 343 g/mol. The molecule has 1 atom stereocenters. The molecule has 1 amide bonds. The lowest BCUT2D eigenvalue weighted by Crippen LogP contribution is -2.31. The van der Waals surface area contributed by atoms with Crippen molar-refractivity contribution in [1.29, 1.82) is 0 Å². The van der Waals surface area contributed by atoms with Gasteiger partial charge in [0.1, 0.15) is 17.1 Å². The molecule has 6 heteroatoms. The third-order valence-corrected chi connectivity index (χ3v) is 3.62. The molecule has 0 aliphatic heterocycles. The van der Waals surface area contributed by atoms with Crippen molar-refractivity contribution in [2.75, 3.05) is 28.3 Å². The number of benzene rings is 2.